The van der Waals surface area contributed by atoms with Crippen molar-refractivity contribution in [2.75, 3.05) is 42.3 Å². The molecule has 0 unspecified atom stereocenters. The highest BCUT2D eigenvalue weighted by molar-refractivity contribution is 5.67. The van der Waals surface area contributed by atoms with E-state index in [1.54, 1.807) is 0 Å². The average Bonchev–Trinajstić information content (AvgIpc) is 2.23. The molecule has 0 radical (unpaired) electrons. The zero-order valence-corrected chi connectivity index (χ0v) is 15.3. The predicted octanol–water partition coefficient (Wildman–Crippen LogP) is 0.793. The van der Waals surface area contributed by atoms with Gasteiger partial charge in [0.15, 0.2) is 12.1 Å². The highest BCUT2D eigenvalue weighted by atomic mass is 16.6. The molecule has 0 bridgehead atoms. The molecular weight excluding hydrogens is 284 g/mol. The molecule has 0 heterocycles. The number of ether oxygens (including phenoxy) is 2. The number of rotatable bonds is 4. The first-order valence-corrected chi connectivity index (χ1v) is 7.80. The van der Waals surface area contributed by atoms with E-state index < -0.39 is 0 Å². The van der Waals surface area contributed by atoms with Crippen LogP contribution in [0.4, 0.5) is 0 Å². The molecule has 6 heteroatoms. The second kappa shape index (κ2) is 6.54. The van der Waals surface area contributed by atoms with E-state index in [1.807, 2.05) is 0 Å². The van der Waals surface area contributed by atoms with Gasteiger partial charge >= 0.3 is 11.9 Å². The van der Waals surface area contributed by atoms with Crippen molar-refractivity contribution in [1.82, 2.24) is 0 Å². The predicted molar refractivity (Wildman–Crippen MR) is 84.0 cm³/mol. The molecule has 6 nitrogen and oxygen atoms in total. The highest BCUT2D eigenvalue weighted by Crippen LogP contribution is 2.34. The number of esters is 2. The molecule has 1 rings (SSSR count). The van der Waals surface area contributed by atoms with Crippen LogP contribution in [0.25, 0.3) is 0 Å². The van der Waals surface area contributed by atoms with Crippen LogP contribution in [0.3, 0.4) is 0 Å². The normalized spacial score (nSPS) is 29.8. The Morgan fingerprint density at radius 1 is 0.818 bits per heavy atom. The summed E-state index contributed by atoms with van der Waals surface area (Å²) in [5.41, 5.74) is 0. The van der Waals surface area contributed by atoms with Crippen LogP contribution in [-0.2, 0) is 19.1 Å². The molecule has 0 N–H and O–H groups in total. The van der Waals surface area contributed by atoms with E-state index in [2.05, 4.69) is 42.3 Å². The zero-order valence-electron chi connectivity index (χ0n) is 15.3. The second-order valence-corrected chi connectivity index (χ2v) is 8.09. The minimum Gasteiger partial charge on any atom is -0.456 e. The van der Waals surface area contributed by atoms with Crippen molar-refractivity contribution in [3.8, 4) is 0 Å². The van der Waals surface area contributed by atoms with Crippen LogP contribution in [0.15, 0.2) is 0 Å². The number of likely N-dealkylation sites (N-methyl/N-ethyl adjacent to an activating group) is 2. The van der Waals surface area contributed by atoms with Gasteiger partial charge in [-0.3, -0.25) is 9.59 Å². The number of carbonyl (C=O) groups excluding carboxylic acids is 2. The van der Waals surface area contributed by atoms with Crippen LogP contribution in [0, 0.1) is 0 Å². The maximum Gasteiger partial charge on any atom is 0.303 e. The monoisotopic (exact) mass is 316 g/mol. The first-order valence-electron chi connectivity index (χ1n) is 7.80. The fourth-order valence-corrected chi connectivity index (χ4v) is 3.56. The molecule has 0 spiro atoms. The van der Waals surface area contributed by atoms with E-state index in [9.17, 15) is 9.59 Å². The van der Waals surface area contributed by atoms with Gasteiger partial charge in [0.2, 0.25) is 6.10 Å². The molecule has 1 fully saturated rings. The van der Waals surface area contributed by atoms with E-state index in [0.29, 0.717) is 8.97 Å². The summed E-state index contributed by atoms with van der Waals surface area (Å²) in [6.07, 6.45) is 1.13. The summed E-state index contributed by atoms with van der Waals surface area (Å²) < 4.78 is 12.6. The Kier molecular flexibility index (Phi) is 5.62. The largest absolute Gasteiger partial charge is 0.456 e. The molecule has 1 aliphatic carbocycles. The lowest BCUT2D eigenvalue weighted by atomic mass is 9.82. The summed E-state index contributed by atoms with van der Waals surface area (Å²) in [4.78, 5) is 23.1. The lowest BCUT2D eigenvalue weighted by Crippen LogP contribution is -2.69. The van der Waals surface area contributed by atoms with E-state index in [1.165, 1.54) is 13.8 Å². The molecule has 0 aliphatic heterocycles. The minimum atomic E-state index is -0.287. The van der Waals surface area contributed by atoms with Crippen molar-refractivity contribution in [3.05, 3.63) is 0 Å². The SMILES string of the molecule is CC(=O)O[C@H]1[C@H]([N+](C)(C)C)[C@@H](OC(C)=O)CC[C@@H]1[N+](C)(C)C. The van der Waals surface area contributed by atoms with E-state index in [4.69, 9.17) is 9.47 Å². The number of hydrogen-bond acceptors (Lipinski definition) is 4. The molecule has 1 saturated carbocycles. The Hall–Kier alpha value is -1.14. The summed E-state index contributed by atoms with van der Waals surface area (Å²) in [6.45, 7) is 2.87. The van der Waals surface area contributed by atoms with Gasteiger partial charge in [0.1, 0.15) is 6.04 Å². The standard InChI is InChI=1S/C16H32N2O4/c1-11(19)21-14-10-9-13(17(3,4)5)16(22-12(2)20)15(14)18(6,7)8/h13-16H,9-10H2,1-8H3/q+2/t13-,14-,15+,16+/m0/s1. The third kappa shape index (κ3) is 4.68. The summed E-state index contributed by atoms with van der Waals surface area (Å²) in [5, 5.41) is 0. The molecule has 0 saturated heterocycles. The van der Waals surface area contributed by atoms with Gasteiger partial charge in [-0.2, -0.15) is 0 Å². The second-order valence-electron chi connectivity index (χ2n) is 8.09. The van der Waals surface area contributed by atoms with Gasteiger partial charge in [0, 0.05) is 20.3 Å². The zero-order chi connectivity index (χ0) is 17.3. The molecule has 0 amide bonds. The smallest absolute Gasteiger partial charge is 0.303 e. The number of nitrogens with zero attached hydrogens (tertiary/aromatic N) is 2. The Balaban J connectivity index is 3.22. The van der Waals surface area contributed by atoms with Crippen molar-refractivity contribution in [2.45, 2.75) is 51.0 Å². The van der Waals surface area contributed by atoms with E-state index in [0.717, 1.165) is 12.8 Å². The number of carbonyl (C=O) groups is 2. The first-order chi connectivity index (χ1) is 9.84. The Labute approximate surface area is 134 Å². The summed E-state index contributed by atoms with van der Waals surface area (Å²) in [5.74, 6) is -0.570. The summed E-state index contributed by atoms with van der Waals surface area (Å²) >= 11 is 0. The van der Waals surface area contributed by atoms with E-state index >= 15 is 0 Å². The Bertz CT molecular complexity index is 423. The molecule has 22 heavy (non-hydrogen) atoms. The topological polar surface area (TPSA) is 52.6 Å². The van der Waals surface area contributed by atoms with Crippen molar-refractivity contribution in [2.24, 2.45) is 0 Å². The van der Waals surface area contributed by atoms with Crippen LogP contribution in [0.2, 0.25) is 0 Å². The van der Waals surface area contributed by atoms with Crippen LogP contribution < -0.4 is 0 Å². The molecule has 1 aliphatic rings. The third-order valence-corrected chi connectivity index (χ3v) is 4.35. The maximum atomic E-state index is 11.6. The third-order valence-electron chi connectivity index (χ3n) is 4.35. The van der Waals surface area contributed by atoms with Crippen LogP contribution in [0.1, 0.15) is 26.7 Å². The van der Waals surface area contributed by atoms with Gasteiger partial charge in [-0.1, -0.05) is 0 Å². The van der Waals surface area contributed by atoms with Crippen LogP contribution in [-0.4, -0.2) is 87.5 Å². The van der Waals surface area contributed by atoms with Crippen molar-refractivity contribution in [3.63, 3.8) is 0 Å². The Morgan fingerprint density at radius 3 is 1.68 bits per heavy atom. The van der Waals surface area contributed by atoms with E-state index in [-0.39, 0.29) is 36.2 Å². The number of quaternary nitrogens is 2. The number of hydrogen-bond donors (Lipinski definition) is 0. The summed E-state index contributed by atoms with van der Waals surface area (Å²) in [6, 6.07) is 0.0990. The van der Waals surface area contributed by atoms with Crippen LogP contribution in [0.5, 0.6) is 0 Å². The highest BCUT2D eigenvalue weighted by Gasteiger charge is 2.54. The maximum absolute atomic E-state index is 11.6. The van der Waals surface area contributed by atoms with Gasteiger partial charge < -0.3 is 18.4 Å². The van der Waals surface area contributed by atoms with Gasteiger partial charge in [-0.05, 0) is 6.42 Å². The average molecular weight is 316 g/mol. The molecule has 128 valence electrons. The first kappa shape index (κ1) is 18.9. The lowest BCUT2D eigenvalue weighted by Gasteiger charge is -2.50. The van der Waals surface area contributed by atoms with Crippen molar-refractivity contribution in [1.29, 1.82) is 0 Å². The van der Waals surface area contributed by atoms with Gasteiger partial charge in [-0.15, -0.1) is 0 Å². The fraction of sp³-hybridized carbons (Fsp3) is 0.875. The fourth-order valence-electron chi connectivity index (χ4n) is 3.56. The molecule has 0 aromatic rings. The van der Waals surface area contributed by atoms with Gasteiger partial charge in [-0.25, -0.2) is 0 Å². The van der Waals surface area contributed by atoms with Gasteiger partial charge in [0.05, 0.1) is 42.3 Å². The van der Waals surface area contributed by atoms with Crippen LogP contribution >= 0.6 is 0 Å². The molecule has 4 atom stereocenters. The van der Waals surface area contributed by atoms with Gasteiger partial charge in [0.25, 0.3) is 0 Å². The lowest BCUT2D eigenvalue weighted by molar-refractivity contribution is -0.931. The minimum absolute atomic E-state index is 0.0797. The van der Waals surface area contributed by atoms with Crippen molar-refractivity contribution >= 4 is 11.9 Å². The quantitative estimate of drug-likeness (QED) is 0.568. The van der Waals surface area contributed by atoms with Crippen molar-refractivity contribution < 1.29 is 28.0 Å². The molecule has 0 aromatic heterocycles. The molecule has 0 aromatic carbocycles. The Morgan fingerprint density at radius 2 is 1.32 bits per heavy atom. The summed E-state index contributed by atoms with van der Waals surface area (Å²) in [7, 11) is 12.5. The molecular formula is C16H32N2O4+2.